The first-order chi connectivity index (χ1) is 7.66. The Hall–Kier alpha value is -1.09. The summed E-state index contributed by atoms with van der Waals surface area (Å²) in [5, 5.41) is -0.0897. The topological polar surface area (TPSA) is 20.3 Å². The van der Waals surface area contributed by atoms with Crippen LogP contribution in [0, 0.1) is 5.82 Å². The van der Waals surface area contributed by atoms with Gasteiger partial charge in [-0.1, -0.05) is 18.2 Å². The van der Waals surface area contributed by atoms with E-state index in [1.807, 2.05) is 0 Å². The van der Waals surface area contributed by atoms with Gasteiger partial charge in [0.25, 0.3) is 0 Å². The van der Waals surface area contributed by atoms with Crippen LogP contribution >= 0.6 is 11.6 Å². The van der Waals surface area contributed by atoms with Crippen molar-refractivity contribution < 1.29 is 9.18 Å². The van der Waals surface area contributed by atoms with Crippen molar-refractivity contribution in [3.63, 3.8) is 0 Å². The highest BCUT2D eigenvalue weighted by Crippen LogP contribution is 2.17. The van der Waals surface area contributed by atoms with Gasteiger partial charge >= 0.3 is 0 Å². The van der Waals surface area contributed by atoms with E-state index in [-0.39, 0.29) is 17.1 Å². The molecule has 0 spiro atoms. The van der Waals surface area contributed by atoms with Gasteiger partial charge in [0.1, 0.15) is 5.82 Å². The summed E-state index contributed by atoms with van der Waals surface area (Å²) < 4.78 is 13.3. The maximum Gasteiger partial charge on any atom is 0.224 e. The highest BCUT2D eigenvalue weighted by molar-refractivity contribution is 6.22. The van der Waals surface area contributed by atoms with Crippen LogP contribution in [0.15, 0.2) is 24.3 Å². The average molecular weight is 242 g/mol. The van der Waals surface area contributed by atoms with Gasteiger partial charge < -0.3 is 4.90 Å². The maximum atomic E-state index is 13.3. The summed E-state index contributed by atoms with van der Waals surface area (Å²) >= 11 is 5.88. The Morgan fingerprint density at radius 2 is 2.19 bits per heavy atom. The summed E-state index contributed by atoms with van der Waals surface area (Å²) in [4.78, 5) is 13.1. The minimum absolute atomic E-state index is 0.0661. The Morgan fingerprint density at radius 1 is 1.44 bits per heavy atom. The molecular weight excluding hydrogens is 229 g/mol. The van der Waals surface area contributed by atoms with Crippen LogP contribution in [0.4, 0.5) is 4.39 Å². The quantitative estimate of drug-likeness (QED) is 0.743. The molecule has 86 valence electrons. The third-order valence-electron chi connectivity index (χ3n) is 2.78. The number of rotatable bonds is 3. The van der Waals surface area contributed by atoms with Gasteiger partial charge in [-0.2, -0.15) is 0 Å². The minimum atomic E-state index is -0.212. The lowest BCUT2D eigenvalue weighted by molar-refractivity contribution is -0.127. The molecule has 0 radical (unpaired) electrons. The molecule has 1 saturated heterocycles. The maximum absolute atomic E-state index is 13.3. The van der Waals surface area contributed by atoms with E-state index >= 15 is 0 Å². The number of benzene rings is 1. The number of carbonyl (C=O) groups is 1. The minimum Gasteiger partial charge on any atom is -0.341 e. The van der Waals surface area contributed by atoms with E-state index in [4.69, 9.17) is 11.6 Å². The number of hydrogen-bond acceptors (Lipinski definition) is 1. The Kier molecular flexibility index (Phi) is 3.44. The Bertz CT molecular complexity index is 396. The second kappa shape index (κ2) is 4.83. The Balaban J connectivity index is 1.93. The molecule has 0 aliphatic carbocycles. The van der Waals surface area contributed by atoms with Gasteiger partial charge in [-0.25, -0.2) is 4.39 Å². The smallest absolute Gasteiger partial charge is 0.224 e. The zero-order valence-corrected chi connectivity index (χ0v) is 9.58. The van der Waals surface area contributed by atoms with E-state index in [1.165, 1.54) is 6.07 Å². The van der Waals surface area contributed by atoms with Gasteiger partial charge in [0.05, 0.1) is 5.38 Å². The number of hydrogen-bond donors (Lipinski definition) is 0. The van der Waals surface area contributed by atoms with Gasteiger partial charge in [0.15, 0.2) is 0 Å². The summed E-state index contributed by atoms with van der Waals surface area (Å²) in [6.07, 6.45) is 0.945. The third kappa shape index (κ3) is 2.53. The van der Waals surface area contributed by atoms with E-state index in [0.717, 1.165) is 0 Å². The molecule has 1 unspecified atom stereocenters. The molecule has 1 amide bonds. The summed E-state index contributed by atoms with van der Waals surface area (Å²) in [6.45, 7) is 1.12. The van der Waals surface area contributed by atoms with E-state index in [1.54, 1.807) is 23.1 Å². The molecule has 0 N–H and O–H groups in total. The highest BCUT2D eigenvalue weighted by Gasteiger charge is 2.27. The van der Waals surface area contributed by atoms with Gasteiger partial charge in [-0.05, 0) is 18.1 Å². The van der Waals surface area contributed by atoms with Crippen LogP contribution in [0.2, 0.25) is 0 Å². The molecule has 1 aromatic rings. The van der Waals surface area contributed by atoms with Crippen molar-refractivity contribution in [3.8, 4) is 0 Å². The van der Waals surface area contributed by atoms with E-state index < -0.39 is 0 Å². The predicted octanol–water partition coefficient (Wildman–Crippen LogP) is 2.21. The summed E-state index contributed by atoms with van der Waals surface area (Å²) in [6, 6.07) is 6.64. The molecule has 1 aliphatic rings. The van der Waals surface area contributed by atoms with Crippen molar-refractivity contribution in [2.24, 2.45) is 0 Å². The number of halogens is 2. The first kappa shape index (κ1) is 11.4. The van der Waals surface area contributed by atoms with Crippen LogP contribution in [0.1, 0.15) is 12.0 Å². The Labute approximate surface area is 99.0 Å². The van der Waals surface area contributed by atoms with Crippen molar-refractivity contribution in [1.82, 2.24) is 4.90 Å². The second-order valence-electron chi connectivity index (χ2n) is 3.98. The van der Waals surface area contributed by atoms with E-state index in [0.29, 0.717) is 31.5 Å². The summed E-state index contributed by atoms with van der Waals surface area (Å²) in [7, 11) is 0. The molecule has 1 aliphatic heterocycles. The van der Waals surface area contributed by atoms with Crippen molar-refractivity contribution >= 4 is 17.5 Å². The van der Waals surface area contributed by atoms with Crippen LogP contribution < -0.4 is 0 Å². The fourth-order valence-electron chi connectivity index (χ4n) is 1.90. The van der Waals surface area contributed by atoms with Gasteiger partial charge in [-0.3, -0.25) is 4.79 Å². The zero-order chi connectivity index (χ0) is 11.5. The number of amides is 1. The molecule has 2 rings (SSSR count). The van der Waals surface area contributed by atoms with Crippen LogP contribution in [0.25, 0.3) is 0 Å². The van der Waals surface area contributed by atoms with Crippen LogP contribution in [-0.4, -0.2) is 29.3 Å². The molecule has 0 bridgehead atoms. The van der Waals surface area contributed by atoms with Crippen molar-refractivity contribution in [1.29, 1.82) is 0 Å². The van der Waals surface area contributed by atoms with E-state index in [2.05, 4.69) is 0 Å². The molecule has 1 aromatic carbocycles. The molecule has 16 heavy (non-hydrogen) atoms. The average Bonchev–Trinajstić information content (AvgIpc) is 2.56. The fraction of sp³-hybridized carbons (Fsp3) is 0.417. The first-order valence-corrected chi connectivity index (χ1v) is 5.75. The lowest BCUT2D eigenvalue weighted by Gasteiger charge is -2.15. The molecule has 4 heteroatoms. The Morgan fingerprint density at radius 3 is 2.81 bits per heavy atom. The number of alkyl halides is 1. The standard InChI is InChI=1S/C12H13ClFNO/c13-10-7-12(16)15(8-10)6-5-9-3-1-2-4-11(9)14/h1-4,10H,5-8H2. The van der Waals surface area contributed by atoms with Crippen LogP contribution in [0.5, 0.6) is 0 Å². The highest BCUT2D eigenvalue weighted by atomic mass is 35.5. The first-order valence-electron chi connectivity index (χ1n) is 5.32. The molecule has 0 saturated carbocycles. The van der Waals surface area contributed by atoms with Crippen molar-refractivity contribution in [2.45, 2.75) is 18.2 Å². The summed E-state index contributed by atoms with van der Waals surface area (Å²) in [5.74, 6) is -0.145. The van der Waals surface area contributed by atoms with Crippen LogP contribution in [0.3, 0.4) is 0 Å². The number of carbonyl (C=O) groups excluding carboxylic acids is 1. The molecule has 2 nitrogen and oxygen atoms in total. The van der Waals surface area contributed by atoms with E-state index in [9.17, 15) is 9.18 Å². The molecular formula is C12H13ClFNO. The summed E-state index contributed by atoms with van der Waals surface area (Å²) in [5.41, 5.74) is 0.647. The molecule has 1 heterocycles. The van der Waals surface area contributed by atoms with Gasteiger partial charge in [0.2, 0.25) is 5.91 Å². The second-order valence-corrected chi connectivity index (χ2v) is 4.60. The predicted molar refractivity (Wildman–Crippen MR) is 60.9 cm³/mol. The van der Waals surface area contributed by atoms with Gasteiger partial charge in [0, 0.05) is 19.5 Å². The van der Waals surface area contributed by atoms with Crippen LogP contribution in [-0.2, 0) is 11.2 Å². The largest absolute Gasteiger partial charge is 0.341 e. The van der Waals surface area contributed by atoms with Crippen molar-refractivity contribution in [2.75, 3.05) is 13.1 Å². The number of likely N-dealkylation sites (tertiary alicyclic amines) is 1. The van der Waals surface area contributed by atoms with Gasteiger partial charge in [-0.15, -0.1) is 11.6 Å². The number of nitrogens with zero attached hydrogens (tertiary/aromatic N) is 1. The lowest BCUT2D eigenvalue weighted by Crippen LogP contribution is -2.27. The lowest BCUT2D eigenvalue weighted by atomic mass is 10.1. The van der Waals surface area contributed by atoms with Crippen molar-refractivity contribution in [3.05, 3.63) is 35.6 Å². The molecule has 0 aromatic heterocycles. The SMILES string of the molecule is O=C1CC(Cl)CN1CCc1ccccc1F. The zero-order valence-electron chi connectivity index (χ0n) is 8.83. The normalized spacial score (nSPS) is 20.5. The molecule has 1 fully saturated rings. The monoisotopic (exact) mass is 241 g/mol. The fourth-order valence-corrected chi connectivity index (χ4v) is 2.20. The third-order valence-corrected chi connectivity index (χ3v) is 3.07. The molecule has 1 atom stereocenters.